The first-order valence-electron chi connectivity index (χ1n) is 6.31. The van der Waals surface area contributed by atoms with Crippen molar-refractivity contribution in [3.05, 3.63) is 0 Å². The lowest BCUT2D eigenvalue weighted by Gasteiger charge is -2.22. The van der Waals surface area contributed by atoms with Crippen molar-refractivity contribution in [3.63, 3.8) is 0 Å². The number of alkyl carbamates (subject to hydrolysis) is 1. The number of ether oxygens (including phenoxy) is 1. The van der Waals surface area contributed by atoms with E-state index in [0.29, 0.717) is 12.8 Å². The number of amides is 2. The SMILES string of the molecule is CC(C)(C)OC(=O)N[C@@H](CCCCNC(=O)O)C(=O)O. The van der Waals surface area contributed by atoms with Crippen molar-refractivity contribution in [2.45, 2.75) is 51.7 Å². The number of rotatable bonds is 7. The third kappa shape index (κ3) is 9.98. The molecule has 0 unspecified atom stereocenters. The van der Waals surface area contributed by atoms with Crippen LogP contribution < -0.4 is 10.6 Å². The number of aliphatic carboxylic acids is 1. The molecule has 8 heteroatoms. The van der Waals surface area contributed by atoms with Crippen molar-refractivity contribution in [1.29, 1.82) is 0 Å². The Labute approximate surface area is 117 Å². The molecule has 2 amide bonds. The van der Waals surface area contributed by atoms with E-state index in [2.05, 4.69) is 10.6 Å². The summed E-state index contributed by atoms with van der Waals surface area (Å²) >= 11 is 0. The molecule has 0 fully saturated rings. The molecule has 0 aliphatic rings. The molecule has 1 atom stereocenters. The molecule has 0 bridgehead atoms. The van der Waals surface area contributed by atoms with Crippen molar-refractivity contribution >= 4 is 18.2 Å². The maximum Gasteiger partial charge on any atom is 0.408 e. The Morgan fingerprint density at radius 2 is 1.75 bits per heavy atom. The molecule has 0 aromatic carbocycles. The molecule has 0 aliphatic heterocycles. The molecule has 0 heterocycles. The monoisotopic (exact) mass is 290 g/mol. The molecule has 0 spiro atoms. The Bertz CT molecular complexity index is 350. The average Bonchev–Trinajstić information content (AvgIpc) is 2.23. The van der Waals surface area contributed by atoms with Crippen LogP contribution in [0, 0.1) is 0 Å². The maximum absolute atomic E-state index is 11.5. The molecule has 0 aromatic rings. The van der Waals surface area contributed by atoms with Crippen molar-refractivity contribution in [2.75, 3.05) is 6.54 Å². The van der Waals surface area contributed by atoms with Gasteiger partial charge in [-0.25, -0.2) is 14.4 Å². The zero-order valence-corrected chi connectivity index (χ0v) is 11.9. The van der Waals surface area contributed by atoms with Crippen LogP contribution in [0.5, 0.6) is 0 Å². The highest BCUT2D eigenvalue weighted by Gasteiger charge is 2.23. The van der Waals surface area contributed by atoms with Gasteiger partial charge in [-0.3, -0.25) is 0 Å². The second-order valence-electron chi connectivity index (χ2n) is 5.26. The van der Waals surface area contributed by atoms with Gasteiger partial charge in [0.1, 0.15) is 11.6 Å². The van der Waals surface area contributed by atoms with Crippen LogP contribution in [0.25, 0.3) is 0 Å². The molecule has 0 saturated heterocycles. The van der Waals surface area contributed by atoms with E-state index < -0.39 is 29.8 Å². The van der Waals surface area contributed by atoms with Crippen molar-refractivity contribution in [1.82, 2.24) is 10.6 Å². The summed E-state index contributed by atoms with van der Waals surface area (Å²) in [6.07, 6.45) is -0.741. The number of nitrogens with one attached hydrogen (secondary N) is 2. The van der Waals surface area contributed by atoms with Crippen molar-refractivity contribution in [2.24, 2.45) is 0 Å². The maximum atomic E-state index is 11.5. The second kappa shape index (κ2) is 8.23. The van der Waals surface area contributed by atoms with Crippen LogP contribution in [0.3, 0.4) is 0 Å². The number of carbonyl (C=O) groups is 3. The molecule has 0 aromatic heterocycles. The smallest absolute Gasteiger partial charge is 0.408 e. The van der Waals surface area contributed by atoms with Crippen LogP contribution in [-0.2, 0) is 9.53 Å². The van der Waals surface area contributed by atoms with E-state index in [1.807, 2.05) is 0 Å². The Morgan fingerprint density at radius 3 is 2.20 bits per heavy atom. The predicted octanol–water partition coefficient (Wildman–Crippen LogP) is 1.40. The topological polar surface area (TPSA) is 125 Å². The summed E-state index contributed by atoms with van der Waals surface area (Å²) in [5, 5.41) is 21.8. The third-order valence-electron chi connectivity index (χ3n) is 2.18. The molecule has 0 rings (SSSR count). The first-order valence-corrected chi connectivity index (χ1v) is 6.31. The summed E-state index contributed by atoms with van der Waals surface area (Å²) in [5.41, 5.74) is -0.696. The molecular weight excluding hydrogens is 268 g/mol. The lowest BCUT2D eigenvalue weighted by atomic mass is 10.1. The fraction of sp³-hybridized carbons (Fsp3) is 0.750. The highest BCUT2D eigenvalue weighted by Crippen LogP contribution is 2.08. The number of carbonyl (C=O) groups excluding carboxylic acids is 1. The molecule has 0 radical (unpaired) electrons. The predicted molar refractivity (Wildman–Crippen MR) is 70.7 cm³/mol. The van der Waals surface area contributed by atoms with Gasteiger partial charge in [0.2, 0.25) is 0 Å². The number of hydrogen-bond donors (Lipinski definition) is 4. The van der Waals surface area contributed by atoms with E-state index in [1.165, 1.54) is 0 Å². The van der Waals surface area contributed by atoms with Gasteiger partial charge in [0, 0.05) is 6.54 Å². The minimum Gasteiger partial charge on any atom is -0.480 e. The minimum absolute atomic E-state index is 0.204. The Kier molecular flexibility index (Phi) is 7.42. The molecule has 8 nitrogen and oxygen atoms in total. The van der Waals surface area contributed by atoms with Gasteiger partial charge in [0.25, 0.3) is 0 Å². The van der Waals surface area contributed by atoms with Gasteiger partial charge in [-0.15, -0.1) is 0 Å². The highest BCUT2D eigenvalue weighted by atomic mass is 16.6. The minimum atomic E-state index is -1.15. The molecule has 0 saturated carbocycles. The van der Waals surface area contributed by atoms with Gasteiger partial charge in [-0.2, -0.15) is 0 Å². The number of carboxylic acids is 1. The summed E-state index contributed by atoms with van der Waals surface area (Å²) in [5.74, 6) is -1.15. The molecule has 0 aliphatic carbocycles. The molecule has 20 heavy (non-hydrogen) atoms. The lowest BCUT2D eigenvalue weighted by molar-refractivity contribution is -0.139. The lowest BCUT2D eigenvalue weighted by Crippen LogP contribution is -2.43. The van der Waals surface area contributed by atoms with E-state index in [0.717, 1.165) is 0 Å². The average molecular weight is 290 g/mol. The van der Waals surface area contributed by atoms with E-state index >= 15 is 0 Å². The summed E-state index contributed by atoms with van der Waals surface area (Å²) in [6, 6.07) is -1.05. The molecule has 4 N–H and O–H groups in total. The Balaban J connectivity index is 4.08. The van der Waals surface area contributed by atoms with Gasteiger partial charge >= 0.3 is 18.2 Å². The van der Waals surface area contributed by atoms with E-state index in [4.69, 9.17) is 14.9 Å². The summed E-state index contributed by atoms with van der Waals surface area (Å²) in [6.45, 7) is 5.29. The number of carboxylic acid groups (broad SMARTS) is 2. The Hall–Kier alpha value is -1.99. The van der Waals surface area contributed by atoms with Crippen molar-refractivity contribution in [3.8, 4) is 0 Å². The van der Waals surface area contributed by atoms with E-state index in [9.17, 15) is 14.4 Å². The van der Waals surface area contributed by atoms with Crippen LogP contribution in [0.4, 0.5) is 9.59 Å². The quantitative estimate of drug-likeness (QED) is 0.525. The highest BCUT2D eigenvalue weighted by molar-refractivity contribution is 5.79. The fourth-order valence-corrected chi connectivity index (χ4v) is 1.38. The largest absolute Gasteiger partial charge is 0.480 e. The zero-order chi connectivity index (χ0) is 15.8. The van der Waals surface area contributed by atoms with E-state index in [1.54, 1.807) is 20.8 Å². The van der Waals surface area contributed by atoms with Crippen LogP contribution >= 0.6 is 0 Å². The summed E-state index contributed by atoms with van der Waals surface area (Å²) < 4.78 is 4.97. The van der Waals surface area contributed by atoms with Gasteiger partial charge < -0.3 is 25.6 Å². The second-order valence-corrected chi connectivity index (χ2v) is 5.26. The molecule has 116 valence electrons. The van der Waals surface area contributed by atoms with Crippen LogP contribution in [-0.4, -0.2) is 46.6 Å². The standard InChI is InChI=1S/C12H22N2O6/c1-12(2,3)20-11(19)14-8(9(15)16)6-4-5-7-13-10(17)18/h8,13H,4-7H2,1-3H3,(H,14,19)(H,15,16)(H,17,18)/t8-/m0/s1. The van der Waals surface area contributed by atoms with Gasteiger partial charge in [0.05, 0.1) is 0 Å². The van der Waals surface area contributed by atoms with Crippen LogP contribution in [0.2, 0.25) is 0 Å². The third-order valence-corrected chi connectivity index (χ3v) is 2.18. The zero-order valence-electron chi connectivity index (χ0n) is 11.9. The first-order chi connectivity index (χ1) is 9.11. The van der Waals surface area contributed by atoms with Gasteiger partial charge in [0.15, 0.2) is 0 Å². The van der Waals surface area contributed by atoms with Gasteiger partial charge in [-0.1, -0.05) is 0 Å². The van der Waals surface area contributed by atoms with Crippen LogP contribution in [0.15, 0.2) is 0 Å². The van der Waals surface area contributed by atoms with Crippen molar-refractivity contribution < 1.29 is 29.3 Å². The fourth-order valence-electron chi connectivity index (χ4n) is 1.38. The van der Waals surface area contributed by atoms with Crippen LogP contribution in [0.1, 0.15) is 40.0 Å². The number of hydrogen-bond acceptors (Lipinski definition) is 4. The van der Waals surface area contributed by atoms with Gasteiger partial charge in [-0.05, 0) is 40.0 Å². The first kappa shape index (κ1) is 18.0. The van der Waals surface area contributed by atoms with E-state index in [-0.39, 0.29) is 13.0 Å². The normalized spacial score (nSPS) is 12.3. The molecular formula is C12H22N2O6. The Morgan fingerprint density at radius 1 is 1.15 bits per heavy atom. The number of unbranched alkanes of at least 4 members (excludes halogenated alkanes) is 1. The summed E-state index contributed by atoms with van der Waals surface area (Å²) in [4.78, 5) is 32.7. The summed E-state index contributed by atoms with van der Waals surface area (Å²) in [7, 11) is 0.